The molecule has 0 saturated carbocycles. The van der Waals surface area contributed by atoms with E-state index in [0.717, 1.165) is 0 Å². The Morgan fingerprint density at radius 2 is 2.21 bits per heavy atom. The molecule has 1 saturated heterocycles. The van der Waals surface area contributed by atoms with Crippen LogP contribution in [0.4, 0.5) is 0 Å². The van der Waals surface area contributed by atoms with Crippen LogP contribution in [0.2, 0.25) is 0 Å². The Morgan fingerprint density at radius 1 is 1.47 bits per heavy atom. The van der Waals surface area contributed by atoms with Gasteiger partial charge in [-0.15, -0.1) is 5.92 Å². The topological polar surface area (TPSA) is 72.4 Å². The van der Waals surface area contributed by atoms with Crippen molar-refractivity contribution in [1.29, 1.82) is 0 Å². The second-order valence-electron chi connectivity index (χ2n) is 3.88. The predicted molar refractivity (Wildman–Crippen MR) is 72.5 cm³/mol. The van der Waals surface area contributed by atoms with Crippen LogP contribution in [0, 0.1) is 11.8 Å². The molecule has 6 nitrogen and oxygen atoms in total. The lowest BCUT2D eigenvalue weighted by atomic mass is 10.3. The quantitative estimate of drug-likeness (QED) is 0.634. The second kappa shape index (κ2) is 5.77. The highest BCUT2D eigenvalue weighted by molar-refractivity contribution is 7.89. The molecule has 1 aliphatic rings. The fourth-order valence-electron chi connectivity index (χ4n) is 1.44. The summed E-state index contributed by atoms with van der Waals surface area (Å²) in [5, 5.41) is 0.0135. The monoisotopic (exact) mass is 299 g/mol. The fourth-order valence-corrected chi connectivity index (χ4v) is 3.44. The molecule has 0 bridgehead atoms. The van der Waals surface area contributed by atoms with E-state index in [1.807, 2.05) is 0 Å². The molecule has 2 rings (SSSR count). The number of thiol groups is 1. The van der Waals surface area contributed by atoms with Gasteiger partial charge in [0.25, 0.3) is 10.0 Å². The first-order valence-electron chi connectivity index (χ1n) is 5.56. The Kier molecular flexibility index (Phi) is 4.29. The highest BCUT2D eigenvalue weighted by Gasteiger charge is 2.35. The minimum atomic E-state index is -3.55. The largest absolute Gasteiger partial charge is 0.463 e. The Bertz CT molecular complexity index is 598. The van der Waals surface area contributed by atoms with E-state index >= 15 is 0 Å². The third-order valence-corrected chi connectivity index (χ3v) is 4.55. The number of hydrogen-bond donors (Lipinski definition) is 1. The van der Waals surface area contributed by atoms with Crippen molar-refractivity contribution < 1.29 is 13.2 Å². The Morgan fingerprint density at radius 3 is 2.74 bits per heavy atom. The zero-order valence-corrected chi connectivity index (χ0v) is 12.0. The summed E-state index contributed by atoms with van der Waals surface area (Å²) in [7, 11) is -3.55. The maximum atomic E-state index is 12.1. The van der Waals surface area contributed by atoms with E-state index in [1.165, 1.54) is 16.7 Å². The highest BCUT2D eigenvalue weighted by atomic mass is 32.2. The van der Waals surface area contributed by atoms with Gasteiger partial charge in [-0.2, -0.15) is 16.9 Å². The van der Waals surface area contributed by atoms with Gasteiger partial charge < -0.3 is 4.74 Å². The normalized spacial score (nSPS) is 16.3. The Labute approximate surface area is 117 Å². The molecule has 0 radical (unpaired) electrons. The molecule has 102 valence electrons. The maximum absolute atomic E-state index is 12.1. The van der Waals surface area contributed by atoms with Crippen LogP contribution in [0.1, 0.15) is 6.92 Å². The number of nitrogens with zero attached hydrogens (tertiary/aromatic N) is 3. The molecule has 0 aromatic carbocycles. The molecule has 0 unspecified atom stereocenters. The van der Waals surface area contributed by atoms with Crippen molar-refractivity contribution in [3.8, 4) is 17.7 Å². The van der Waals surface area contributed by atoms with Crippen LogP contribution in [-0.4, -0.2) is 47.6 Å². The van der Waals surface area contributed by atoms with E-state index in [1.54, 1.807) is 6.92 Å². The SMILES string of the molecule is CC#CCOc1cnc(S(=O)(=O)N2CC(S)C2)cn1. The van der Waals surface area contributed by atoms with Crippen LogP contribution in [0.3, 0.4) is 0 Å². The number of rotatable bonds is 4. The minimum Gasteiger partial charge on any atom is -0.463 e. The molecular formula is C11H13N3O3S2. The van der Waals surface area contributed by atoms with Gasteiger partial charge in [0, 0.05) is 18.3 Å². The average molecular weight is 299 g/mol. The molecule has 0 amide bonds. The summed E-state index contributed by atoms with van der Waals surface area (Å²) in [6, 6.07) is 0. The van der Waals surface area contributed by atoms with E-state index in [0.29, 0.717) is 13.1 Å². The van der Waals surface area contributed by atoms with Crippen LogP contribution < -0.4 is 4.74 Å². The number of aromatic nitrogens is 2. The van der Waals surface area contributed by atoms with Gasteiger partial charge in [-0.25, -0.2) is 18.4 Å². The van der Waals surface area contributed by atoms with Crippen molar-refractivity contribution in [1.82, 2.24) is 14.3 Å². The van der Waals surface area contributed by atoms with Crippen molar-refractivity contribution >= 4 is 22.7 Å². The van der Waals surface area contributed by atoms with E-state index in [2.05, 4.69) is 34.4 Å². The Balaban J connectivity index is 2.07. The predicted octanol–water partition coefficient (Wildman–Crippen LogP) is 0.181. The van der Waals surface area contributed by atoms with Gasteiger partial charge in [0.15, 0.2) is 11.6 Å². The molecule has 0 aliphatic carbocycles. The fraction of sp³-hybridized carbons (Fsp3) is 0.455. The summed E-state index contributed by atoms with van der Waals surface area (Å²) in [6.07, 6.45) is 2.47. The van der Waals surface area contributed by atoms with Crippen LogP contribution >= 0.6 is 12.6 Å². The standard InChI is InChI=1S/C11H13N3O3S2/c1-2-3-4-17-10-5-13-11(6-12-10)19(15,16)14-7-9(18)8-14/h5-6,9,18H,4,7-8H2,1H3. The van der Waals surface area contributed by atoms with Gasteiger partial charge in [0.05, 0.1) is 12.4 Å². The van der Waals surface area contributed by atoms with Gasteiger partial charge in [0.2, 0.25) is 5.88 Å². The summed E-state index contributed by atoms with van der Waals surface area (Å²) in [5.74, 6) is 5.63. The second-order valence-corrected chi connectivity index (χ2v) is 6.50. The smallest absolute Gasteiger partial charge is 0.262 e. The molecule has 19 heavy (non-hydrogen) atoms. The molecule has 1 aliphatic heterocycles. The summed E-state index contributed by atoms with van der Waals surface area (Å²) in [5.41, 5.74) is 0. The van der Waals surface area contributed by atoms with Crippen molar-refractivity contribution in [2.45, 2.75) is 17.2 Å². The summed E-state index contributed by atoms with van der Waals surface area (Å²) >= 11 is 4.18. The maximum Gasteiger partial charge on any atom is 0.262 e. The lowest BCUT2D eigenvalue weighted by Gasteiger charge is -2.34. The summed E-state index contributed by atoms with van der Waals surface area (Å²) in [6.45, 7) is 2.70. The van der Waals surface area contributed by atoms with E-state index in [-0.39, 0.29) is 22.8 Å². The third kappa shape index (κ3) is 3.18. The molecular weight excluding hydrogens is 286 g/mol. The van der Waals surface area contributed by atoms with E-state index in [9.17, 15) is 8.42 Å². The van der Waals surface area contributed by atoms with Gasteiger partial charge in [-0.05, 0) is 6.92 Å². The molecule has 8 heteroatoms. The molecule has 2 heterocycles. The van der Waals surface area contributed by atoms with E-state index < -0.39 is 10.0 Å². The first-order valence-corrected chi connectivity index (χ1v) is 7.52. The number of sulfonamides is 1. The van der Waals surface area contributed by atoms with Gasteiger partial charge in [0.1, 0.15) is 0 Å². The van der Waals surface area contributed by atoms with Gasteiger partial charge in [-0.3, -0.25) is 0 Å². The van der Waals surface area contributed by atoms with Crippen LogP contribution in [0.15, 0.2) is 17.4 Å². The first-order chi connectivity index (χ1) is 9.04. The zero-order valence-electron chi connectivity index (χ0n) is 10.3. The average Bonchev–Trinajstić information content (AvgIpc) is 2.36. The molecule has 1 fully saturated rings. The Hall–Kier alpha value is -1.30. The van der Waals surface area contributed by atoms with Gasteiger partial charge >= 0.3 is 0 Å². The van der Waals surface area contributed by atoms with Crippen LogP contribution in [-0.2, 0) is 10.0 Å². The molecule has 1 aromatic rings. The summed E-state index contributed by atoms with van der Waals surface area (Å²) in [4.78, 5) is 7.77. The minimum absolute atomic E-state index is 0.0818. The molecule has 0 spiro atoms. The molecule has 0 N–H and O–H groups in total. The van der Waals surface area contributed by atoms with Gasteiger partial charge in [-0.1, -0.05) is 5.92 Å². The van der Waals surface area contributed by atoms with Crippen molar-refractivity contribution in [2.24, 2.45) is 0 Å². The highest BCUT2D eigenvalue weighted by Crippen LogP contribution is 2.22. The molecule has 0 atom stereocenters. The third-order valence-electron chi connectivity index (χ3n) is 2.51. The zero-order chi connectivity index (χ0) is 13.9. The lowest BCUT2D eigenvalue weighted by Crippen LogP contribution is -2.51. The number of hydrogen-bond acceptors (Lipinski definition) is 6. The first kappa shape index (κ1) is 14.1. The van der Waals surface area contributed by atoms with Crippen LogP contribution in [0.5, 0.6) is 5.88 Å². The summed E-state index contributed by atoms with van der Waals surface area (Å²) < 4.78 is 30.6. The lowest BCUT2D eigenvalue weighted by molar-refractivity contribution is 0.319. The van der Waals surface area contributed by atoms with Crippen molar-refractivity contribution in [2.75, 3.05) is 19.7 Å². The molecule has 1 aromatic heterocycles. The van der Waals surface area contributed by atoms with Crippen LogP contribution in [0.25, 0.3) is 0 Å². The number of ether oxygens (including phenoxy) is 1. The van der Waals surface area contributed by atoms with Crippen molar-refractivity contribution in [3.63, 3.8) is 0 Å². The van der Waals surface area contributed by atoms with E-state index in [4.69, 9.17) is 4.74 Å². The van der Waals surface area contributed by atoms with Crippen molar-refractivity contribution in [3.05, 3.63) is 12.4 Å².